The molecule has 0 radical (unpaired) electrons. The summed E-state index contributed by atoms with van der Waals surface area (Å²) in [7, 11) is -3.43. The van der Waals surface area contributed by atoms with Crippen LogP contribution in [0.3, 0.4) is 0 Å². The minimum atomic E-state index is -3.43. The van der Waals surface area contributed by atoms with Gasteiger partial charge in [0.1, 0.15) is 4.21 Å². The summed E-state index contributed by atoms with van der Waals surface area (Å²) in [5.41, 5.74) is 0. The Labute approximate surface area is 124 Å². The monoisotopic (exact) mass is 377 g/mol. The molecule has 0 spiro atoms. The molecule has 1 atom stereocenters. The summed E-state index contributed by atoms with van der Waals surface area (Å²) in [5.74, 6) is 1.23. The van der Waals surface area contributed by atoms with Crippen LogP contribution in [0.5, 0.6) is 0 Å². The van der Waals surface area contributed by atoms with Crippen molar-refractivity contribution in [1.82, 2.24) is 4.72 Å². The Morgan fingerprint density at radius 2 is 2.29 bits per heavy atom. The molecule has 17 heavy (non-hydrogen) atoms. The Hall–Kier alpha value is 0.730. The molecule has 1 aromatic heterocycles. The molecule has 0 aliphatic heterocycles. The first-order valence-electron chi connectivity index (χ1n) is 4.80. The molecular weight excluding hydrogens is 366 g/mol. The van der Waals surface area contributed by atoms with Crippen LogP contribution >= 0.6 is 50.6 Å². The number of hydrogen-bond acceptors (Lipinski definition) is 4. The minimum Gasteiger partial charge on any atom is -0.210 e. The Bertz CT molecular complexity index is 455. The molecule has 0 aliphatic carbocycles. The summed E-state index contributed by atoms with van der Waals surface area (Å²) in [5, 5.41) is 0.424. The van der Waals surface area contributed by atoms with Gasteiger partial charge in [-0.2, -0.15) is 11.8 Å². The van der Waals surface area contributed by atoms with E-state index in [-0.39, 0.29) is 4.21 Å². The molecule has 0 saturated carbocycles. The van der Waals surface area contributed by atoms with Gasteiger partial charge in [0.2, 0.25) is 10.0 Å². The minimum absolute atomic E-state index is 0.241. The van der Waals surface area contributed by atoms with Crippen molar-refractivity contribution in [2.24, 2.45) is 5.92 Å². The van der Waals surface area contributed by atoms with Gasteiger partial charge in [0.05, 0.1) is 8.81 Å². The number of rotatable bonds is 6. The second kappa shape index (κ2) is 6.77. The van der Waals surface area contributed by atoms with Gasteiger partial charge in [-0.15, -0.1) is 11.3 Å². The van der Waals surface area contributed by atoms with Crippen molar-refractivity contribution in [3.8, 4) is 0 Å². The Kier molecular flexibility index (Phi) is 6.29. The van der Waals surface area contributed by atoms with Crippen molar-refractivity contribution in [3.05, 3.63) is 14.9 Å². The predicted molar refractivity (Wildman–Crippen MR) is 79.8 cm³/mol. The third kappa shape index (κ3) is 4.72. The molecule has 1 N–H and O–H groups in total. The van der Waals surface area contributed by atoms with Crippen LogP contribution in [0.15, 0.2) is 14.1 Å². The zero-order chi connectivity index (χ0) is 13.1. The molecule has 0 amide bonds. The summed E-state index contributed by atoms with van der Waals surface area (Å²) in [6, 6.07) is 1.46. The predicted octanol–water partition coefficient (Wildman–Crippen LogP) is 3.44. The fraction of sp³-hybridized carbons (Fsp3) is 0.556. The van der Waals surface area contributed by atoms with E-state index >= 15 is 0 Å². The Balaban J connectivity index is 2.69. The summed E-state index contributed by atoms with van der Waals surface area (Å²) >= 11 is 11.8. The average Bonchev–Trinajstić information content (AvgIpc) is 2.58. The molecule has 0 aliphatic rings. The molecule has 3 nitrogen and oxygen atoms in total. The quantitative estimate of drug-likeness (QED) is 0.824. The summed E-state index contributed by atoms with van der Waals surface area (Å²) < 4.78 is 27.3. The Morgan fingerprint density at radius 3 is 2.76 bits per heavy atom. The largest absolute Gasteiger partial charge is 0.250 e. The van der Waals surface area contributed by atoms with Crippen LogP contribution < -0.4 is 4.72 Å². The van der Waals surface area contributed by atoms with E-state index in [1.807, 2.05) is 13.2 Å². The van der Waals surface area contributed by atoms with E-state index in [0.29, 0.717) is 21.3 Å². The number of thioether (sulfide) groups is 1. The van der Waals surface area contributed by atoms with Gasteiger partial charge < -0.3 is 0 Å². The highest BCUT2D eigenvalue weighted by molar-refractivity contribution is 9.11. The highest BCUT2D eigenvalue weighted by Gasteiger charge is 2.19. The van der Waals surface area contributed by atoms with Crippen molar-refractivity contribution in [3.63, 3.8) is 0 Å². The highest BCUT2D eigenvalue weighted by atomic mass is 79.9. The lowest BCUT2D eigenvalue weighted by Crippen LogP contribution is -2.28. The summed E-state index contributed by atoms with van der Waals surface area (Å²) in [6.07, 6.45) is 2.00. The van der Waals surface area contributed by atoms with Crippen LogP contribution in [0.4, 0.5) is 0 Å². The summed E-state index contributed by atoms with van der Waals surface area (Å²) in [4.78, 5) is 0. The smallest absolute Gasteiger partial charge is 0.210 e. The Morgan fingerprint density at radius 1 is 1.65 bits per heavy atom. The molecule has 1 rings (SSSR count). The van der Waals surface area contributed by atoms with Gasteiger partial charge in [-0.1, -0.05) is 18.5 Å². The van der Waals surface area contributed by atoms with Crippen molar-refractivity contribution in [2.45, 2.75) is 11.1 Å². The van der Waals surface area contributed by atoms with Gasteiger partial charge in [-0.05, 0) is 39.9 Å². The third-order valence-corrected chi connectivity index (χ3v) is 7.23. The normalized spacial score (nSPS) is 13.9. The lowest BCUT2D eigenvalue weighted by molar-refractivity contribution is 0.564. The van der Waals surface area contributed by atoms with Crippen LogP contribution in [-0.2, 0) is 10.0 Å². The van der Waals surface area contributed by atoms with E-state index in [4.69, 9.17) is 11.6 Å². The van der Waals surface area contributed by atoms with Crippen molar-refractivity contribution < 1.29 is 8.42 Å². The molecule has 98 valence electrons. The van der Waals surface area contributed by atoms with Crippen molar-refractivity contribution >= 4 is 60.7 Å². The fourth-order valence-electron chi connectivity index (χ4n) is 1.13. The number of nitrogens with one attached hydrogen (secondary N) is 1. The lowest BCUT2D eigenvalue weighted by Gasteiger charge is -2.10. The first kappa shape index (κ1) is 15.8. The van der Waals surface area contributed by atoms with Crippen LogP contribution in [0.1, 0.15) is 6.92 Å². The average molecular weight is 379 g/mol. The number of halogens is 2. The van der Waals surface area contributed by atoms with Gasteiger partial charge >= 0.3 is 0 Å². The molecule has 0 bridgehead atoms. The van der Waals surface area contributed by atoms with Crippen LogP contribution in [0, 0.1) is 5.92 Å². The van der Waals surface area contributed by atoms with Crippen LogP contribution in [0.25, 0.3) is 0 Å². The van der Waals surface area contributed by atoms with Crippen molar-refractivity contribution in [2.75, 3.05) is 18.6 Å². The van der Waals surface area contributed by atoms with E-state index in [1.165, 1.54) is 6.07 Å². The van der Waals surface area contributed by atoms with Crippen LogP contribution in [0.2, 0.25) is 5.02 Å². The molecule has 0 aromatic carbocycles. The molecule has 1 heterocycles. The van der Waals surface area contributed by atoms with Gasteiger partial charge in [0.25, 0.3) is 0 Å². The van der Waals surface area contributed by atoms with Crippen molar-refractivity contribution in [1.29, 1.82) is 0 Å². The molecule has 1 aromatic rings. The highest BCUT2D eigenvalue weighted by Crippen LogP contribution is 2.34. The summed E-state index contributed by atoms with van der Waals surface area (Å²) in [6.45, 7) is 2.45. The topological polar surface area (TPSA) is 46.2 Å². The standard InChI is InChI=1S/C9H13BrClNO2S3/c1-6(5-15-2)4-12-17(13,14)8-3-7(11)9(10)16-8/h3,6,12H,4-5H2,1-2H3. The van der Waals surface area contributed by atoms with Gasteiger partial charge in [-0.25, -0.2) is 13.1 Å². The zero-order valence-corrected chi connectivity index (χ0v) is 14.2. The SMILES string of the molecule is CSCC(C)CNS(=O)(=O)c1cc(Cl)c(Br)s1. The van der Waals surface area contributed by atoms with E-state index in [1.54, 1.807) is 11.8 Å². The van der Waals surface area contributed by atoms with Crippen LogP contribution in [-0.4, -0.2) is 27.0 Å². The fourth-order valence-corrected chi connectivity index (χ4v) is 5.42. The zero-order valence-electron chi connectivity index (χ0n) is 9.37. The first-order valence-corrected chi connectivity index (χ1v) is 9.66. The maximum absolute atomic E-state index is 11.9. The van der Waals surface area contributed by atoms with E-state index in [0.717, 1.165) is 17.1 Å². The van der Waals surface area contributed by atoms with Gasteiger partial charge in [-0.3, -0.25) is 0 Å². The number of thiophene rings is 1. The maximum Gasteiger partial charge on any atom is 0.250 e. The lowest BCUT2D eigenvalue weighted by atomic mass is 10.2. The van der Waals surface area contributed by atoms with Gasteiger partial charge in [0, 0.05) is 6.54 Å². The molecule has 1 unspecified atom stereocenters. The third-order valence-electron chi connectivity index (χ3n) is 1.96. The maximum atomic E-state index is 11.9. The molecule has 0 saturated heterocycles. The second-order valence-electron chi connectivity index (χ2n) is 3.60. The molecular formula is C9H13BrClNO2S3. The second-order valence-corrected chi connectivity index (χ2v) is 9.28. The van der Waals surface area contributed by atoms with E-state index in [9.17, 15) is 8.42 Å². The van der Waals surface area contributed by atoms with E-state index in [2.05, 4.69) is 20.7 Å². The number of hydrogen-bond donors (Lipinski definition) is 1. The first-order chi connectivity index (χ1) is 7.86. The van der Waals surface area contributed by atoms with E-state index < -0.39 is 10.0 Å². The number of sulfonamides is 1. The van der Waals surface area contributed by atoms with Gasteiger partial charge in [0.15, 0.2) is 0 Å². The molecule has 8 heteroatoms. The molecule has 0 fully saturated rings.